The minimum atomic E-state index is -0.396. The zero-order chi connectivity index (χ0) is 22.4. The molecule has 0 unspecified atom stereocenters. The number of aromatic nitrogens is 4. The SMILES string of the molecule is O=[N+]([O-])c1ccc(C2=Cc3cc4ccc(cc5nc(cc6ccc(cc2n3)[nH]6)C=C5)[nH]4)cc1.[Mn]. The van der Waals surface area contributed by atoms with E-state index in [1.165, 1.54) is 12.1 Å². The van der Waals surface area contributed by atoms with Crippen molar-refractivity contribution in [1.29, 1.82) is 0 Å². The van der Waals surface area contributed by atoms with Crippen LogP contribution in [0.15, 0.2) is 72.8 Å². The molecule has 0 amide bonds. The van der Waals surface area contributed by atoms with Gasteiger partial charge in [0, 0.05) is 56.8 Å². The van der Waals surface area contributed by atoms with Crippen LogP contribution in [0.25, 0.3) is 45.9 Å². The van der Waals surface area contributed by atoms with Crippen LogP contribution in [-0.4, -0.2) is 24.9 Å². The molecule has 6 rings (SSSR count). The molecule has 3 aromatic heterocycles. The Morgan fingerprint density at radius 1 is 0.676 bits per heavy atom. The van der Waals surface area contributed by atoms with Gasteiger partial charge in [0.2, 0.25) is 0 Å². The number of fused-ring (bicyclic) bond motifs is 8. The van der Waals surface area contributed by atoms with Gasteiger partial charge in [0.15, 0.2) is 0 Å². The molecule has 8 heteroatoms. The Labute approximate surface area is 204 Å². The van der Waals surface area contributed by atoms with E-state index in [0.29, 0.717) is 0 Å². The molecular weight excluding hydrogens is 469 g/mol. The molecule has 4 aromatic rings. The summed E-state index contributed by atoms with van der Waals surface area (Å²) >= 11 is 0. The molecule has 2 aliphatic heterocycles. The Kier molecular flexibility index (Phi) is 5.45. The average Bonchev–Trinajstić information content (AvgIpc) is 3.59. The summed E-state index contributed by atoms with van der Waals surface area (Å²) in [5, 5.41) is 11.1. The third-order valence-corrected chi connectivity index (χ3v) is 5.55. The Balaban J connectivity index is 0.00000241. The van der Waals surface area contributed by atoms with Gasteiger partial charge in [0.05, 0.1) is 27.7 Å². The molecule has 34 heavy (non-hydrogen) atoms. The largest absolute Gasteiger partial charge is 0.355 e. The zero-order valence-electron chi connectivity index (χ0n) is 17.7. The molecule has 0 aliphatic carbocycles. The molecule has 8 bridgehead atoms. The number of aromatic amines is 2. The van der Waals surface area contributed by atoms with E-state index in [-0.39, 0.29) is 22.8 Å². The van der Waals surface area contributed by atoms with Gasteiger partial charge in [-0.25, -0.2) is 9.97 Å². The fourth-order valence-electron chi connectivity index (χ4n) is 4.01. The Morgan fingerprint density at radius 2 is 1.21 bits per heavy atom. The van der Waals surface area contributed by atoms with Crippen LogP contribution >= 0.6 is 0 Å². The third kappa shape index (κ3) is 4.20. The van der Waals surface area contributed by atoms with Crippen LogP contribution in [0.2, 0.25) is 0 Å². The first kappa shape index (κ1) is 21.6. The van der Waals surface area contributed by atoms with Crippen molar-refractivity contribution in [2.45, 2.75) is 0 Å². The van der Waals surface area contributed by atoms with Gasteiger partial charge in [-0.15, -0.1) is 0 Å². The van der Waals surface area contributed by atoms with Crippen LogP contribution < -0.4 is 0 Å². The second kappa shape index (κ2) is 8.59. The number of nitro groups is 1. The number of nitrogens with zero attached hydrogens (tertiary/aromatic N) is 3. The van der Waals surface area contributed by atoms with Gasteiger partial charge in [-0.3, -0.25) is 10.1 Å². The van der Waals surface area contributed by atoms with Gasteiger partial charge in [0.25, 0.3) is 5.69 Å². The molecule has 1 aromatic carbocycles. The van der Waals surface area contributed by atoms with Crippen LogP contribution in [0.4, 0.5) is 5.69 Å². The van der Waals surface area contributed by atoms with Crippen LogP contribution in [0.3, 0.4) is 0 Å². The average molecular weight is 486 g/mol. The molecule has 0 fully saturated rings. The third-order valence-electron chi connectivity index (χ3n) is 5.55. The number of hydrogen-bond acceptors (Lipinski definition) is 4. The zero-order valence-corrected chi connectivity index (χ0v) is 18.9. The van der Waals surface area contributed by atoms with Crippen molar-refractivity contribution in [3.63, 3.8) is 0 Å². The van der Waals surface area contributed by atoms with E-state index < -0.39 is 4.92 Å². The first-order chi connectivity index (χ1) is 16.1. The smallest absolute Gasteiger partial charge is 0.269 e. The maximum absolute atomic E-state index is 11.1. The number of hydrogen-bond donors (Lipinski definition) is 2. The summed E-state index contributed by atoms with van der Waals surface area (Å²) in [5.41, 5.74) is 8.88. The van der Waals surface area contributed by atoms with Crippen LogP contribution in [0.5, 0.6) is 0 Å². The predicted molar refractivity (Wildman–Crippen MR) is 130 cm³/mol. The summed E-state index contributed by atoms with van der Waals surface area (Å²) in [5.74, 6) is 0. The first-order valence-electron chi connectivity index (χ1n) is 10.4. The van der Waals surface area contributed by atoms with Crippen molar-refractivity contribution in [3.05, 3.63) is 111 Å². The van der Waals surface area contributed by atoms with Crippen molar-refractivity contribution < 1.29 is 22.0 Å². The van der Waals surface area contributed by atoms with E-state index in [2.05, 4.69) is 15.0 Å². The predicted octanol–water partition coefficient (Wildman–Crippen LogP) is 5.98. The number of non-ortho nitro benzene ring substituents is 1. The molecule has 165 valence electrons. The van der Waals surface area contributed by atoms with E-state index in [1.54, 1.807) is 12.1 Å². The minimum absolute atomic E-state index is 0. The Morgan fingerprint density at radius 3 is 1.76 bits per heavy atom. The summed E-state index contributed by atoms with van der Waals surface area (Å²) in [6, 6.07) is 22.5. The molecule has 0 saturated carbocycles. The molecule has 0 spiro atoms. The van der Waals surface area contributed by atoms with E-state index in [1.807, 2.05) is 66.8 Å². The summed E-state index contributed by atoms with van der Waals surface area (Å²) < 4.78 is 0. The number of nitro benzene ring substituents is 1. The molecule has 2 aliphatic rings. The maximum Gasteiger partial charge on any atom is 0.269 e. The number of benzene rings is 1. The van der Waals surface area contributed by atoms with Crippen LogP contribution in [0.1, 0.15) is 28.3 Å². The van der Waals surface area contributed by atoms with Crippen molar-refractivity contribution in [3.8, 4) is 0 Å². The summed E-state index contributed by atoms with van der Waals surface area (Å²) in [6.45, 7) is 0. The van der Waals surface area contributed by atoms with Crippen molar-refractivity contribution >= 4 is 51.6 Å². The molecule has 5 heterocycles. The quantitative estimate of drug-likeness (QED) is 0.179. The molecular formula is C26H17MnN5O2. The van der Waals surface area contributed by atoms with Gasteiger partial charge < -0.3 is 9.97 Å². The fourth-order valence-corrected chi connectivity index (χ4v) is 4.01. The first-order valence-corrected chi connectivity index (χ1v) is 10.4. The fraction of sp³-hybridized carbons (Fsp3) is 0. The van der Waals surface area contributed by atoms with Crippen molar-refractivity contribution in [2.24, 2.45) is 0 Å². The second-order valence-electron chi connectivity index (χ2n) is 7.89. The van der Waals surface area contributed by atoms with Crippen molar-refractivity contribution in [2.75, 3.05) is 0 Å². The van der Waals surface area contributed by atoms with Gasteiger partial charge in [-0.05, 0) is 84.5 Å². The molecule has 0 atom stereocenters. The van der Waals surface area contributed by atoms with E-state index in [0.717, 1.165) is 56.0 Å². The van der Waals surface area contributed by atoms with Gasteiger partial charge in [-0.1, -0.05) is 0 Å². The summed E-state index contributed by atoms with van der Waals surface area (Å²) in [6.07, 6.45) is 5.97. The van der Waals surface area contributed by atoms with Gasteiger partial charge in [0.1, 0.15) is 0 Å². The Bertz CT molecular complexity index is 1650. The number of nitrogens with one attached hydrogen (secondary N) is 2. The maximum atomic E-state index is 11.1. The Hall–Kier alpha value is -4.26. The molecule has 7 nitrogen and oxygen atoms in total. The molecule has 0 saturated heterocycles. The normalized spacial score (nSPS) is 12.2. The minimum Gasteiger partial charge on any atom is -0.355 e. The second-order valence-corrected chi connectivity index (χ2v) is 7.89. The molecule has 1 radical (unpaired) electrons. The van der Waals surface area contributed by atoms with E-state index in [4.69, 9.17) is 4.98 Å². The standard InChI is InChI=1S/C26H17N5O2.Mn/c32-31(33)24-9-1-16(2-10-24)25-14-23-13-21-6-5-19(28-21)11-17-3-4-18(27-17)12-20-7-8-22(29-20)15-26(25)30-23;/h1-15,28-29H;. The summed E-state index contributed by atoms with van der Waals surface area (Å²) in [7, 11) is 0. The van der Waals surface area contributed by atoms with Crippen LogP contribution in [0, 0.1) is 10.1 Å². The summed E-state index contributed by atoms with van der Waals surface area (Å²) in [4.78, 5) is 26.9. The van der Waals surface area contributed by atoms with E-state index >= 15 is 0 Å². The van der Waals surface area contributed by atoms with Crippen molar-refractivity contribution in [1.82, 2.24) is 19.9 Å². The number of rotatable bonds is 2. The van der Waals surface area contributed by atoms with Crippen LogP contribution in [-0.2, 0) is 17.1 Å². The monoisotopic (exact) mass is 486 g/mol. The molecule has 2 N–H and O–H groups in total. The number of H-pyrrole nitrogens is 2. The van der Waals surface area contributed by atoms with E-state index in [9.17, 15) is 10.1 Å². The topological polar surface area (TPSA) is 100 Å². The van der Waals surface area contributed by atoms with Gasteiger partial charge in [-0.2, -0.15) is 0 Å². The van der Waals surface area contributed by atoms with Gasteiger partial charge >= 0.3 is 0 Å².